The molecule has 0 N–H and O–H groups in total. The van der Waals surface area contributed by atoms with Crippen molar-refractivity contribution in [3.8, 4) is 5.75 Å². The van der Waals surface area contributed by atoms with E-state index in [2.05, 4.69) is 0 Å². The van der Waals surface area contributed by atoms with Gasteiger partial charge in [0.25, 0.3) is 0 Å². The normalized spacial score (nSPS) is 15.8. The zero-order valence-corrected chi connectivity index (χ0v) is 13.3. The van der Waals surface area contributed by atoms with Crippen LogP contribution in [0, 0.1) is 0 Å². The average molecular weight is 329 g/mol. The van der Waals surface area contributed by atoms with E-state index in [1.54, 1.807) is 30.3 Å². The number of carbonyl (C=O) groups excluding carboxylic acids is 2. The van der Waals surface area contributed by atoms with E-state index >= 15 is 0 Å². The van der Waals surface area contributed by atoms with E-state index in [0.717, 1.165) is 16.0 Å². The molecule has 4 heteroatoms. The molecule has 0 saturated heterocycles. The fourth-order valence-electron chi connectivity index (χ4n) is 3.11. The fourth-order valence-corrected chi connectivity index (χ4v) is 3.11. The summed E-state index contributed by atoms with van der Waals surface area (Å²) >= 11 is 0. The minimum absolute atomic E-state index is 0.298. The third kappa shape index (κ3) is 2.68. The summed E-state index contributed by atoms with van der Waals surface area (Å²) in [4.78, 5) is 26.8. The molecule has 0 bridgehead atoms. The van der Waals surface area contributed by atoms with Crippen molar-refractivity contribution in [2.45, 2.75) is 5.92 Å². The van der Waals surface area contributed by atoms with Gasteiger partial charge in [0.2, 0.25) is 5.91 Å². The second-order valence-electron chi connectivity index (χ2n) is 5.76. The van der Waals surface area contributed by atoms with E-state index in [1.165, 1.54) is 0 Å². The molecule has 0 aliphatic carbocycles. The standard InChI is InChI=1S/C21H15NO3/c23-20-19(15-9-3-1-4-10-15)17-13-7-8-14-18(17)22(20)21(24)25-16-11-5-2-6-12-16/h1-14,19H/t19-/m1/s1. The highest BCUT2D eigenvalue weighted by Crippen LogP contribution is 2.41. The first kappa shape index (κ1) is 15.1. The van der Waals surface area contributed by atoms with Crippen molar-refractivity contribution in [2.24, 2.45) is 0 Å². The predicted molar refractivity (Wildman–Crippen MR) is 94.7 cm³/mol. The highest BCUT2D eigenvalue weighted by Gasteiger charge is 2.42. The average Bonchev–Trinajstić information content (AvgIpc) is 2.95. The van der Waals surface area contributed by atoms with E-state index in [9.17, 15) is 9.59 Å². The summed E-state index contributed by atoms with van der Waals surface area (Å²) < 4.78 is 5.38. The van der Waals surface area contributed by atoms with Gasteiger partial charge in [-0.3, -0.25) is 4.79 Å². The molecule has 0 saturated carbocycles. The Kier molecular flexibility index (Phi) is 3.78. The van der Waals surface area contributed by atoms with Gasteiger partial charge < -0.3 is 4.74 Å². The van der Waals surface area contributed by atoms with Gasteiger partial charge in [-0.15, -0.1) is 0 Å². The Balaban J connectivity index is 1.72. The van der Waals surface area contributed by atoms with Crippen LogP contribution < -0.4 is 9.64 Å². The minimum atomic E-state index is -0.693. The van der Waals surface area contributed by atoms with Crippen LogP contribution in [0.1, 0.15) is 17.0 Å². The summed E-state index contributed by atoms with van der Waals surface area (Å²) in [6.45, 7) is 0. The number of para-hydroxylation sites is 2. The summed E-state index contributed by atoms with van der Waals surface area (Å²) in [6.07, 6.45) is -0.693. The zero-order chi connectivity index (χ0) is 17.2. The molecule has 122 valence electrons. The Bertz CT molecular complexity index is 922. The summed E-state index contributed by atoms with van der Waals surface area (Å²) in [5.41, 5.74) is 2.24. The first-order valence-electron chi connectivity index (χ1n) is 8.00. The van der Waals surface area contributed by atoms with Gasteiger partial charge in [-0.05, 0) is 29.3 Å². The number of benzene rings is 3. The van der Waals surface area contributed by atoms with Gasteiger partial charge >= 0.3 is 6.09 Å². The largest absolute Gasteiger partial charge is 0.426 e. The van der Waals surface area contributed by atoms with Gasteiger partial charge in [-0.25, -0.2) is 9.69 Å². The molecule has 4 rings (SSSR count). The van der Waals surface area contributed by atoms with Crippen LogP contribution in [0.2, 0.25) is 0 Å². The molecule has 1 atom stereocenters. The number of amides is 2. The number of carbonyl (C=O) groups is 2. The third-order valence-electron chi connectivity index (χ3n) is 4.22. The maximum atomic E-state index is 13.0. The highest BCUT2D eigenvalue weighted by molar-refractivity contribution is 6.20. The quantitative estimate of drug-likeness (QED) is 0.701. The Morgan fingerprint density at radius 3 is 2.12 bits per heavy atom. The molecule has 0 unspecified atom stereocenters. The maximum absolute atomic E-state index is 13.0. The van der Waals surface area contributed by atoms with Crippen LogP contribution in [0.5, 0.6) is 5.75 Å². The molecule has 1 aliphatic heterocycles. The molecule has 0 aromatic heterocycles. The highest BCUT2D eigenvalue weighted by atomic mass is 16.6. The van der Waals surface area contributed by atoms with Crippen molar-refractivity contribution >= 4 is 17.7 Å². The van der Waals surface area contributed by atoms with Crippen LogP contribution >= 0.6 is 0 Å². The summed E-state index contributed by atoms with van der Waals surface area (Å²) in [5, 5.41) is 0. The number of anilines is 1. The molecule has 1 heterocycles. The van der Waals surface area contributed by atoms with E-state index in [-0.39, 0.29) is 5.91 Å². The Morgan fingerprint density at radius 1 is 0.800 bits per heavy atom. The summed E-state index contributed by atoms with van der Waals surface area (Å²) in [5.74, 6) is -0.394. The van der Waals surface area contributed by atoms with Crippen LogP contribution in [0.25, 0.3) is 0 Å². The van der Waals surface area contributed by atoms with Gasteiger partial charge in [0.15, 0.2) is 0 Å². The van der Waals surface area contributed by atoms with Crippen molar-refractivity contribution in [1.29, 1.82) is 0 Å². The number of nitrogens with zero attached hydrogens (tertiary/aromatic N) is 1. The Labute approximate surface area is 145 Å². The number of hydrogen-bond acceptors (Lipinski definition) is 3. The van der Waals surface area contributed by atoms with Gasteiger partial charge in [0, 0.05) is 0 Å². The molecular weight excluding hydrogens is 314 g/mol. The molecule has 3 aromatic carbocycles. The third-order valence-corrected chi connectivity index (χ3v) is 4.22. The number of imide groups is 1. The molecule has 4 nitrogen and oxygen atoms in total. The van der Waals surface area contributed by atoms with E-state index < -0.39 is 12.0 Å². The number of fused-ring (bicyclic) bond motifs is 1. The SMILES string of the molecule is O=C(Oc1ccccc1)N1C(=O)[C@H](c2ccccc2)c2ccccc21. The van der Waals surface area contributed by atoms with Gasteiger partial charge in [0.05, 0.1) is 11.6 Å². The number of hydrogen-bond donors (Lipinski definition) is 0. The second kappa shape index (κ2) is 6.24. The smallest absolute Gasteiger partial charge is 0.410 e. The van der Waals surface area contributed by atoms with Crippen molar-refractivity contribution in [2.75, 3.05) is 4.90 Å². The van der Waals surface area contributed by atoms with Crippen LogP contribution in [0.15, 0.2) is 84.9 Å². The second-order valence-corrected chi connectivity index (χ2v) is 5.76. The fraction of sp³-hybridized carbons (Fsp3) is 0.0476. The molecule has 25 heavy (non-hydrogen) atoms. The molecule has 2 amide bonds. The van der Waals surface area contributed by atoms with E-state index in [0.29, 0.717) is 11.4 Å². The summed E-state index contributed by atoms with van der Waals surface area (Å²) in [6, 6.07) is 25.5. The first-order valence-corrected chi connectivity index (χ1v) is 8.00. The summed E-state index contributed by atoms with van der Waals surface area (Å²) in [7, 11) is 0. The predicted octanol–water partition coefficient (Wildman–Crippen LogP) is 4.36. The molecule has 3 aromatic rings. The molecule has 0 radical (unpaired) electrons. The van der Waals surface area contributed by atoms with Crippen molar-refractivity contribution in [3.05, 3.63) is 96.1 Å². The topological polar surface area (TPSA) is 46.6 Å². The minimum Gasteiger partial charge on any atom is -0.410 e. The lowest BCUT2D eigenvalue weighted by Crippen LogP contribution is -2.37. The number of rotatable bonds is 2. The molecule has 1 aliphatic rings. The molecule has 0 spiro atoms. The van der Waals surface area contributed by atoms with Gasteiger partial charge in [-0.2, -0.15) is 0 Å². The molecular formula is C21H15NO3. The lowest BCUT2D eigenvalue weighted by atomic mass is 9.93. The Morgan fingerprint density at radius 2 is 1.40 bits per heavy atom. The van der Waals surface area contributed by atoms with Crippen LogP contribution in [-0.2, 0) is 4.79 Å². The van der Waals surface area contributed by atoms with Crippen LogP contribution in [-0.4, -0.2) is 12.0 Å². The Hall–Kier alpha value is -3.40. The number of ether oxygens (including phenoxy) is 1. The van der Waals surface area contributed by atoms with Crippen molar-refractivity contribution in [1.82, 2.24) is 0 Å². The zero-order valence-electron chi connectivity index (χ0n) is 13.3. The first-order chi connectivity index (χ1) is 12.3. The van der Waals surface area contributed by atoms with E-state index in [1.807, 2.05) is 54.6 Å². The van der Waals surface area contributed by atoms with Gasteiger partial charge in [-0.1, -0.05) is 66.7 Å². The van der Waals surface area contributed by atoms with Gasteiger partial charge in [0.1, 0.15) is 5.75 Å². The monoisotopic (exact) mass is 329 g/mol. The van der Waals surface area contributed by atoms with Crippen LogP contribution in [0.3, 0.4) is 0 Å². The molecule has 0 fully saturated rings. The van der Waals surface area contributed by atoms with E-state index in [4.69, 9.17) is 4.74 Å². The van der Waals surface area contributed by atoms with Crippen molar-refractivity contribution in [3.63, 3.8) is 0 Å². The lowest BCUT2D eigenvalue weighted by molar-refractivity contribution is -0.118. The van der Waals surface area contributed by atoms with Crippen LogP contribution in [0.4, 0.5) is 10.5 Å². The van der Waals surface area contributed by atoms with Crippen molar-refractivity contribution < 1.29 is 14.3 Å². The lowest BCUT2D eigenvalue weighted by Gasteiger charge is -2.16. The maximum Gasteiger partial charge on any atom is 0.426 e.